The molecule has 0 radical (unpaired) electrons. The first-order chi connectivity index (χ1) is 12.9. The number of rotatable bonds is 9. The highest BCUT2D eigenvalue weighted by Gasteiger charge is 2.65. The van der Waals surface area contributed by atoms with E-state index in [0.29, 0.717) is 17.5 Å². The Labute approximate surface area is 166 Å². The summed E-state index contributed by atoms with van der Waals surface area (Å²) in [6, 6.07) is 3.80. The molecule has 1 aromatic carbocycles. The first kappa shape index (κ1) is 21.9. The molecule has 0 aliphatic heterocycles. The molecule has 4 rings (SSSR count). The smallest absolute Gasteiger partial charge is 0.0936 e. The van der Waals surface area contributed by atoms with Crippen molar-refractivity contribution < 1.29 is 19.4 Å². The minimum Gasteiger partial charge on any atom is -0.0936 e. The van der Waals surface area contributed by atoms with Gasteiger partial charge in [0.05, 0.1) is 0 Å². The molecule has 0 nitrogen and oxygen atoms in total. The third-order valence-corrected chi connectivity index (χ3v) is 8.54. The van der Waals surface area contributed by atoms with Crippen LogP contribution in [0, 0.1) is 5.41 Å². The van der Waals surface area contributed by atoms with Crippen LogP contribution < -0.4 is 0 Å². The lowest BCUT2D eigenvalue weighted by Gasteiger charge is -2.54. The summed E-state index contributed by atoms with van der Waals surface area (Å²) in [7, 11) is -9.58. The fourth-order valence-electron chi connectivity index (χ4n) is 5.42. The molecule has 0 unspecified atom stereocenters. The monoisotopic (exact) mass is 424 g/mol. The highest BCUT2D eigenvalue weighted by Crippen LogP contribution is 3.02. The van der Waals surface area contributed by atoms with Crippen LogP contribution in [-0.4, -0.2) is 0 Å². The van der Waals surface area contributed by atoms with Crippen molar-refractivity contribution >= 4 is 10.2 Å². The van der Waals surface area contributed by atoms with Crippen molar-refractivity contribution in [3.05, 3.63) is 29.8 Å². The molecule has 1 aromatic rings. The predicted molar refractivity (Wildman–Crippen MR) is 108 cm³/mol. The van der Waals surface area contributed by atoms with Crippen molar-refractivity contribution in [2.75, 3.05) is 0 Å². The Morgan fingerprint density at radius 1 is 0.714 bits per heavy atom. The fraction of sp³-hybridized carbons (Fsp3) is 0.727. The lowest BCUT2D eigenvalue weighted by atomic mass is 9.51. The van der Waals surface area contributed by atoms with Gasteiger partial charge in [-0.15, -0.1) is 0 Å². The Balaban J connectivity index is 1.59. The van der Waals surface area contributed by atoms with Gasteiger partial charge < -0.3 is 0 Å². The zero-order valence-electron chi connectivity index (χ0n) is 16.8. The maximum absolute atomic E-state index is 13.0. The van der Waals surface area contributed by atoms with E-state index in [1.807, 2.05) is 0 Å². The Bertz CT molecular complexity index is 653. The van der Waals surface area contributed by atoms with Crippen LogP contribution in [0.5, 0.6) is 0 Å². The van der Waals surface area contributed by atoms with Crippen LogP contribution in [0.1, 0.15) is 96.0 Å². The molecule has 28 heavy (non-hydrogen) atoms. The first-order valence-corrected chi connectivity index (χ1v) is 12.7. The molecule has 0 heterocycles. The molecular weight excluding hydrogens is 391 g/mol. The van der Waals surface area contributed by atoms with Crippen molar-refractivity contribution in [1.82, 2.24) is 0 Å². The van der Waals surface area contributed by atoms with Gasteiger partial charge in [0.25, 0.3) is 0 Å². The lowest BCUT2D eigenvalue weighted by Crippen LogP contribution is -2.44. The zero-order chi connectivity index (χ0) is 20.6. The standard InChI is InChI=1S/C22H33F5S/c1-2-3-4-5-6-7-12-21-13-16-22(17-14-21,18-15-21)19-8-10-20(11-9-19)28(23,24,25,26)27/h8-11H,2-7,12-18H2,1H3. The second kappa shape index (κ2) is 6.88. The maximum Gasteiger partial charge on any atom is 0.310 e. The molecule has 0 aromatic heterocycles. The molecule has 2 bridgehead atoms. The van der Waals surface area contributed by atoms with E-state index in [2.05, 4.69) is 6.92 Å². The van der Waals surface area contributed by atoms with Gasteiger partial charge in [-0.25, -0.2) is 0 Å². The number of hydrogen-bond acceptors (Lipinski definition) is 0. The average molecular weight is 425 g/mol. The largest absolute Gasteiger partial charge is 0.310 e. The van der Waals surface area contributed by atoms with E-state index in [9.17, 15) is 19.4 Å². The van der Waals surface area contributed by atoms with Gasteiger partial charge in [-0.1, -0.05) is 77.0 Å². The zero-order valence-corrected chi connectivity index (χ0v) is 17.6. The summed E-state index contributed by atoms with van der Waals surface area (Å²) in [5, 5.41) is 0. The van der Waals surface area contributed by atoms with Crippen LogP contribution in [0.4, 0.5) is 19.4 Å². The molecule has 0 N–H and O–H groups in total. The topological polar surface area (TPSA) is 0 Å². The SMILES string of the molecule is CCCCCCCCC12CCC(c3ccc(S(F)(F)(F)(F)F)cc3)(CC1)CC2. The normalized spacial score (nSPS) is 30.1. The molecule has 3 fully saturated rings. The third-order valence-electron chi connectivity index (χ3n) is 7.37. The van der Waals surface area contributed by atoms with Gasteiger partial charge in [-0.05, 0) is 73.5 Å². The molecule has 0 atom stereocenters. The van der Waals surface area contributed by atoms with E-state index >= 15 is 0 Å². The van der Waals surface area contributed by atoms with Crippen molar-refractivity contribution in [3.8, 4) is 0 Å². The van der Waals surface area contributed by atoms with Crippen LogP contribution in [0.15, 0.2) is 29.2 Å². The Morgan fingerprint density at radius 2 is 1.21 bits per heavy atom. The Kier molecular flexibility index (Phi) is 5.39. The quantitative estimate of drug-likeness (QED) is 0.273. The van der Waals surface area contributed by atoms with E-state index in [4.69, 9.17) is 0 Å². The third kappa shape index (κ3) is 4.85. The van der Waals surface area contributed by atoms with Gasteiger partial charge in [0.15, 0.2) is 0 Å². The van der Waals surface area contributed by atoms with Crippen LogP contribution in [-0.2, 0) is 5.41 Å². The van der Waals surface area contributed by atoms with Crippen LogP contribution in [0.3, 0.4) is 0 Å². The molecule has 0 amide bonds. The molecule has 162 valence electrons. The summed E-state index contributed by atoms with van der Waals surface area (Å²) >= 11 is 0. The first-order valence-electron chi connectivity index (χ1n) is 10.7. The lowest BCUT2D eigenvalue weighted by molar-refractivity contribution is 0.0304. The molecular formula is C22H33F5S. The number of halogens is 5. The van der Waals surface area contributed by atoms with Gasteiger partial charge in [0.1, 0.15) is 4.90 Å². The molecule has 0 spiro atoms. The second-order valence-corrected chi connectivity index (χ2v) is 11.7. The summed E-state index contributed by atoms with van der Waals surface area (Å²) in [5.74, 6) is 0. The summed E-state index contributed by atoms with van der Waals surface area (Å²) in [6.07, 6.45) is 15.3. The Morgan fingerprint density at radius 3 is 1.71 bits per heavy atom. The molecule has 3 saturated carbocycles. The van der Waals surface area contributed by atoms with Crippen molar-refractivity contribution in [1.29, 1.82) is 0 Å². The van der Waals surface area contributed by atoms with Crippen molar-refractivity contribution in [2.45, 2.75) is 101 Å². The van der Waals surface area contributed by atoms with Crippen LogP contribution >= 0.6 is 10.2 Å². The molecule has 0 saturated heterocycles. The van der Waals surface area contributed by atoms with Crippen molar-refractivity contribution in [3.63, 3.8) is 0 Å². The molecule has 3 aliphatic rings. The van der Waals surface area contributed by atoms with Gasteiger partial charge >= 0.3 is 10.2 Å². The number of benzene rings is 1. The molecule has 3 aliphatic carbocycles. The highest BCUT2D eigenvalue weighted by atomic mass is 32.5. The van der Waals surface area contributed by atoms with Gasteiger partial charge in [-0.3, -0.25) is 0 Å². The summed E-state index contributed by atoms with van der Waals surface area (Å²) in [5.41, 5.74) is 1.11. The van der Waals surface area contributed by atoms with E-state index in [1.54, 1.807) is 0 Å². The van der Waals surface area contributed by atoms with E-state index in [1.165, 1.54) is 57.1 Å². The second-order valence-electron chi connectivity index (χ2n) is 9.29. The molecule has 6 heteroatoms. The average Bonchev–Trinajstić information content (AvgIpc) is 2.64. The minimum atomic E-state index is -9.58. The number of unbranched alkanes of at least 4 members (excludes halogenated alkanes) is 5. The summed E-state index contributed by atoms with van der Waals surface area (Å²) in [4.78, 5) is -1.77. The van der Waals surface area contributed by atoms with Gasteiger partial charge in [-0.2, -0.15) is 0 Å². The van der Waals surface area contributed by atoms with E-state index in [0.717, 1.165) is 44.1 Å². The minimum absolute atomic E-state index is 0.112. The fourth-order valence-corrected chi connectivity index (χ4v) is 6.07. The summed E-state index contributed by atoms with van der Waals surface area (Å²) < 4.78 is 64.9. The highest BCUT2D eigenvalue weighted by molar-refractivity contribution is 8.45. The summed E-state index contributed by atoms with van der Waals surface area (Å²) in [6.45, 7) is 2.22. The number of hydrogen-bond donors (Lipinski definition) is 0. The van der Waals surface area contributed by atoms with Crippen molar-refractivity contribution in [2.24, 2.45) is 5.41 Å². The van der Waals surface area contributed by atoms with Gasteiger partial charge in [0, 0.05) is 0 Å². The Hall–Kier alpha value is -0.780. The van der Waals surface area contributed by atoms with E-state index < -0.39 is 15.1 Å². The van der Waals surface area contributed by atoms with E-state index in [-0.39, 0.29) is 5.41 Å². The predicted octanol–water partition coefficient (Wildman–Crippen LogP) is 9.69. The van der Waals surface area contributed by atoms with Crippen LogP contribution in [0.2, 0.25) is 0 Å². The van der Waals surface area contributed by atoms with Crippen LogP contribution in [0.25, 0.3) is 0 Å². The van der Waals surface area contributed by atoms with Gasteiger partial charge in [0.2, 0.25) is 0 Å². The number of fused-ring (bicyclic) bond motifs is 3. The maximum atomic E-state index is 13.0.